The zero-order valence-corrected chi connectivity index (χ0v) is 5.44. The van der Waals surface area contributed by atoms with Crippen molar-refractivity contribution in [2.24, 2.45) is 0 Å². The monoisotopic (exact) mass is 112 g/mol. The molecule has 0 bridgehead atoms. The van der Waals surface area contributed by atoms with Crippen LogP contribution in [0.4, 0.5) is 0 Å². The lowest BCUT2D eigenvalue weighted by molar-refractivity contribution is 0.276. The average Bonchev–Trinajstić information content (AvgIpc) is 2.31. The number of likely N-dealkylation sites (N-methyl/N-ethyl adjacent to an activating group) is 1. The summed E-state index contributed by atoms with van der Waals surface area (Å²) in [4.78, 5) is 2.39. The van der Waals surface area contributed by atoms with Crippen molar-refractivity contribution in [2.75, 3.05) is 13.7 Å². The molecule has 1 heterocycles. The summed E-state index contributed by atoms with van der Waals surface area (Å²) < 4.78 is 0. The van der Waals surface area contributed by atoms with Crippen molar-refractivity contribution in [1.29, 1.82) is 0 Å². The van der Waals surface area contributed by atoms with Gasteiger partial charge in [0.05, 0.1) is 0 Å². The fraction of sp³-hybridized carbons (Fsp3) is 1.00. The van der Waals surface area contributed by atoms with Gasteiger partial charge in [-0.3, -0.25) is 10.2 Å². The third-order valence-electron chi connectivity index (χ3n) is 2.65. The van der Waals surface area contributed by atoms with E-state index in [1.165, 1.54) is 6.42 Å². The van der Waals surface area contributed by atoms with Crippen molar-refractivity contribution < 1.29 is 0 Å². The molecule has 0 spiro atoms. The van der Waals surface area contributed by atoms with Crippen LogP contribution in [0.3, 0.4) is 0 Å². The summed E-state index contributed by atoms with van der Waals surface area (Å²) in [5.41, 5.74) is 0.542. The Balaban J connectivity index is 2.19. The van der Waals surface area contributed by atoms with Crippen LogP contribution in [0.25, 0.3) is 0 Å². The minimum atomic E-state index is 0.542. The Hall–Kier alpha value is -0.0800. The van der Waals surface area contributed by atoms with Gasteiger partial charge in [-0.15, -0.1) is 0 Å². The summed E-state index contributed by atoms with van der Waals surface area (Å²) in [6.07, 6.45) is 1.35. The second-order valence-corrected chi connectivity index (χ2v) is 3.17. The predicted octanol–water partition coefficient (Wildman–Crippen LogP) is 0.00990. The van der Waals surface area contributed by atoms with Crippen molar-refractivity contribution in [3.05, 3.63) is 0 Å². The van der Waals surface area contributed by atoms with Crippen molar-refractivity contribution in [3.63, 3.8) is 0 Å². The lowest BCUT2D eigenvalue weighted by Gasteiger charge is -2.16. The lowest BCUT2D eigenvalue weighted by Crippen LogP contribution is -2.29. The Morgan fingerprint density at radius 3 is 2.62 bits per heavy atom. The first-order chi connectivity index (χ1) is 3.73. The van der Waals surface area contributed by atoms with Gasteiger partial charge in [0.15, 0.2) is 0 Å². The Labute approximate surface area is 49.9 Å². The van der Waals surface area contributed by atoms with E-state index in [4.69, 9.17) is 0 Å². The van der Waals surface area contributed by atoms with Gasteiger partial charge in [-0.2, -0.15) is 0 Å². The molecule has 1 saturated carbocycles. The molecule has 8 heavy (non-hydrogen) atoms. The summed E-state index contributed by atoms with van der Waals surface area (Å²) in [5.74, 6) is 0. The first kappa shape index (κ1) is 4.77. The highest BCUT2D eigenvalue weighted by atomic mass is 15.4. The highest BCUT2D eigenvalue weighted by Gasteiger charge is 2.56. The van der Waals surface area contributed by atoms with E-state index in [0.717, 1.165) is 12.7 Å². The van der Waals surface area contributed by atoms with Gasteiger partial charge >= 0.3 is 0 Å². The fourth-order valence-corrected chi connectivity index (χ4v) is 1.50. The van der Waals surface area contributed by atoms with Crippen LogP contribution in [0, 0.1) is 0 Å². The van der Waals surface area contributed by atoms with Crippen LogP contribution in [0.2, 0.25) is 0 Å². The van der Waals surface area contributed by atoms with E-state index >= 15 is 0 Å². The second-order valence-electron chi connectivity index (χ2n) is 3.17. The minimum absolute atomic E-state index is 0.542. The molecule has 2 atom stereocenters. The zero-order valence-electron chi connectivity index (χ0n) is 5.44. The van der Waals surface area contributed by atoms with Crippen LogP contribution in [0.5, 0.6) is 0 Å². The van der Waals surface area contributed by atoms with Gasteiger partial charge in [-0.05, 0) is 20.4 Å². The molecule has 1 aliphatic heterocycles. The molecule has 2 rings (SSSR count). The lowest BCUT2D eigenvalue weighted by atomic mass is 10.3. The molecule has 46 valence electrons. The first-order valence-corrected chi connectivity index (χ1v) is 3.18. The molecule has 0 unspecified atom stereocenters. The molecule has 0 aromatic rings. The van der Waals surface area contributed by atoms with Crippen LogP contribution in [-0.2, 0) is 0 Å². The van der Waals surface area contributed by atoms with Crippen LogP contribution >= 0.6 is 0 Å². The van der Waals surface area contributed by atoms with Crippen molar-refractivity contribution >= 4 is 0 Å². The third-order valence-corrected chi connectivity index (χ3v) is 2.65. The van der Waals surface area contributed by atoms with Gasteiger partial charge in [0.2, 0.25) is 0 Å². The van der Waals surface area contributed by atoms with Crippen molar-refractivity contribution in [2.45, 2.75) is 24.9 Å². The van der Waals surface area contributed by atoms with Gasteiger partial charge < -0.3 is 0 Å². The van der Waals surface area contributed by atoms with E-state index in [1.807, 2.05) is 0 Å². The molecule has 0 amide bonds. The Morgan fingerprint density at radius 1 is 1.75 bits per heavy atom. The fourth-order valence-electron chi connectivity index (χ4n) is 1.50. The first-order valence-electron chi connectivity index (χ1n) is 3.18. The quantitative estimate of drug-likeness (QED) is 0.475. The molecule has 0 aromatic carbocycles. The molecule has 0 aromatic heterocycles. The molecule has 1 N–H and O–H groups in total. The molecule has 2 heteroatoms. The van der Waals surface area contributed by atoms with Crippen molar-refractivity contribution in [3.8, 4) is 0 Å². The summed E-state index contributed by atoms with van der Waals surface area (Å²) in [5, 5.41) is 3.41. The van der Waals surface area contributed by atoms with Gasteiger partial charge in [0.1, 0.15) is 0 Å². The summed E-state index contributed by atoms with van der Waals surface area (Å²) >= 11 is 0. The number of nitrogens with one attached hydrogen (secondary N) is 1. The Kier molecular flexibility index (Phi) is 0.649. The molecule has 2 nitrogen and oxygen atoms in total. The molecular weight excluding hydrogens is 100 g/mol. The van der Waals surface area contributed by atoms with E-state index in [9.17, 15) is 0 Å². The summed E-state index contributed by atoms with van der Waals surface area (Å²) in [6.45, 7) is 3.40. The highest BCUT2D eigenvalue weighted by Crippen LogP contribution is 2.43. The highest BCUT2D eigenvalue weighted by molar-refractivity contribution is 5.16. The number of fused-ring (bicyclic) bond motifs is 1. The van der Waals surface area contributed by atoms with Gasteiger partial charge in [0, 0.05) is 18.2 Å². The van der Waals surface area contributed by atoms with Crippen LogP contribution in [0.15, 0.2) is 0 Å². The molecule has 2 fully saturated rings. The SMILES string of the molecule is CN1CN[C@H]2C[C@]21C. The second kappa shape index (κ2) is 1.09. The zero-order chi connectivity index (χ0) is 5.78. The third kappa shape index (κ3) is 0.361. The van der Waals surface area contributed by atoms with E-state index in [2.05, 4.69) is 24.2 Å². The van der Waals surface area contributed by atoms with Crippen molar-refractivity contribution in [1.82, 2.24) is 10.2 Å². The maximum atomic E-state index is 3.41. The number of rotatable bonds is 0. The number of nitrogens with zero attached hydrogens (tertiary/aromatic N) is 1. The van der Waals surface area contributed by atoms with E-state index in [1.54, 1.807) is 0 Å². The Bertz CT molecular complexity index is 122. The molecule has 2 aliphatic rings. The topological polar surface area (TPSA) is 15.3 Å². The predicted molar refractivity (Wildman–Crippen MR) is 32.6 cm³/mol. The van der Waals surface area contributed by atoms with Crippen LogP contribution in [0.1, 0.15) is 13.3 Å². The largest absolute Gasteiger partial charge is 0.300 e. The van der Waals surface area contributed by atoms with Crippen LogP contribution in [-0.4, -0.2) is 30.2 Å². The summed E-state index contributed by atoms with van der Waals surface area (Å²) in [7, 11) is 2.18. The van der Waals surface area contributed by atoms with E-state index in [0.29, 0.717) is 5.54 Å². The average molecular weight is 112 g/mol. The number of hydrogen-bond donors (Lipinski definition) is 1. The normalized spacial score (nSPS) is 54.0. The van der Waals surface area contributed by atoms with Gasteiger partial charge in [-0.1, -0.05) is 0 Å². The maximum absolute atomic E-state index is 3.41. The number of hydrogen-bond acceptors (Lipinski definition) is 2. The Morgan fingerprint density at radius 2 is 2.50 bits per heavy atom. The van der Waals surface area contributed by atoms with Gasteiger partial charge in [0.25, 0.3) is 0 Å². The van der Waals surface area contributed by atoms with E-state index < -0.39 is 0 Å². The molecule has 0 radical (unpaired) electrons. The van der Waals surface area contributed by atoms with E-state index in [-0.39, 0.29) is 0 Å². The minimum Gasteiger partial charge on any atom is -0.300 e. The van der Waals surface area contributed by atoms with Gasteiger partial charge in [-0.25, -0.2) is 0 Å². The molecular formula is C6H12N2. The molecule has 1 saturated heterocycles. The summed E-state index contributed by atoms with van der Waals surface area (Å²) in [6, 6.07) is 0.812. The van der Waals surface area contributed by atoms with Crippen LogP contribution < -0.4 is 5.32 Å². The smallest absolute Gasteiger partial charge is 0.0486 e. The maximum Gasteiger partial charge on any atom is 0.0486 e. The molecule has 1 aliphatic carbocycles. The standard InChI is InChI=1S/C6H12N2/c1-6-3-5(6)7-4-8(6)2/h5,7H,3-4H2,1-2H3/t5-,6+/m0/s1.